The highest BCUT2D eigenvalue weighted by atomic mass is 32.1. The molecule has 1 aromatic rings. The Kier molecular flexibility index (Phi) is 4.80. The van der Waals surface area contributed by atoms with Crippen LogP contribution in [0.4, 0.5) is 9.80 Å². The van der Waals surface area contributed by atoms with E-state index in [9.17, 15) is 9.59 Å². The SMILES string of the molecule is Cc1ccc(N2C[C@]3(COCCN(C(=O)N(C)C)C3)OCC2=O)s1. The molecule has 2 fully saturated rings. The first kappa shape index (κ1) is 17.2. The van der Waals surface area contributed by atoms with Crippen molar-refractivity contribution in [3.05, 3.63) is 17.0 Å². The van der Waals surface area contributed by atoms with Crippen LogP contribution >= 0.6 is 11.3 Å². The summed E-state index contributed by atoms with van der Waals surface area (Å²) in [5, 5.41) is 0.912. The molecule has 0 saturated carbocycles. The molecule has 24 heavy (non-hydrogen) atoms. The van der Waals surface area contributed by atoms with Crippen molar-refractivity contribution in [3.63, 3.8) is 0 Å². The van der Waals surface area contributed by atoms with E-state index in [0.29, 0.717) is 32.8 Å². The minimum absolute atomic E-state index is 0.00427. The molecule has 0 N–H and O–H groups in total. The van der Waals surface area contributed by atoms with Crippen molar-refractivity contribution in [2.45, 2.75) is 12.5 Å². The van der Waals surface area contributed by atoms with Gasteiger partial charge < -0.3 is 19.3 Å². The van der Waals surface area contributed by atoms with Crippen molar-refractivity contribution in [1.82, 2.24) is 9.80 Å². The maximum absolute atomic E-state index is 12.4. The molecule has 2 aliphatic rings. The largest absolute Gasteiger partial charge is 0.376 e. The van der Waals surface area contributed by atoms with Crippen LogP contribution in [0.3, 0.4) is 0 Å². The van der Waals surface area contributed by atoms with Gasteiger partial charge in [-0.25, -0.2) is 4.79 Å². The van der Waals surface area contributed by atoms with Crippen LogP contribution in [0, 0.1) is 6.92 Å². The third-order valence-corrected chi connectivity index (χ3v) is 5.27. The molecule has 3 heterocycles. The van der Waals surface area contributed by atoms with E-state index in [1.807, 2.05) is 19.1 Å². The number of morpholine rings is 1. The standard InChI is InChI=1S/C16H23N3O4S/c1-12-4-5-14(24-12)19-10-16(23-8-13(19)20)9-18(6-7-22-11-16)15(21)17(2)3/h4-5H,6-11H2,1-3H3/t16-/m1/s1. The molecule has 2 saturated heterocycles. The number of anilines is 1. The second kappa shape index (κ2) is 6.70. The number of thiophene rings is 1. The molecule has 7 nitrogen and oxygen atoms in total. The minimum Gasteiger partial charge on any atom is -0.376 e. The van der Waals surface area contributed by atoms with Gasteiger partial charge in [-0.3, -0.25) is 9.69 Å². The highest BCUT2D eigenvalue weighted by Gasteiger charge is 2.44. The predicted octanol–water partition coefficient (Wildman–Crippen LogP) is 1.17. The second-order valence-corrected chi connectivity index (χ2v) is 7.75. The normalized spacial score (nSPS) is 25.0. The molecule has 0 bridgehead atoms. The first-order valence-corrected chi connectivity index (χ1v) is 8.77. The number of nitrogens with zero attached hydrogens (tertiary/aromatic N) is 3. The van der Waals surface area contributed by atoms with E-state index in [1.165, 1.54) is 0 Å². The van der Waals surface area contributed by atoms with Gasteiger partial charge in [-0.05, 0) is 19.1 Å². The van der Waals surface area contributed by atoms with E-state index < -0.39 is 5.60 Å². The molecule has 3 amide bonds. The molecule has 1 atom stereocenters. The summed E-state index contributed by atoms with van der Waals surface area (Å²) >= 11 is 1.58. The Labute approximate surface area is 145 Å². The highest BCUT2D eigenvalue weighted by Crippen LogP contribution is 2.31. The van der Waals surface area contributed by atoms with Crippen LogP contribution in [0.15, 0.2) is 12.1 Å². The smallest absolute Gasteiger partial charge is 0.319 e. The zero-order chi connectivity index (χ0) is 17.3. The Hall–Kier alpha value is -1.64. The Balaban J connectivity index is 1.82. The van der Waals surface area contributed by atoms with Gasteiger partial charge in [0.15, 0.2) is 0 Å². The van der Waals surface area contributed by atoms with Crippen LogP contribution in [0.2, 0.25) is 0 Å². The van der Waals surface area contributed by atoms with E-state index >= 15 is 0 Å². The molecular formula is C16H23N3O4S. The zero-order valence-electron chi connectivity index (χ0n) is 14.3. The average Bonchev–Trinajstić information content (AvgIpc) is 2.87. The molecule has 0 radical (unpaired) electrons. The number of rotatable bonds is 1. The Morgan fingerprint density at radius 2 is 2.12 bits per heavy atom. The zero-order valence-corrected chi connectivity index (χ0v) is 15.1. The Bertz CT molecular complexity index is 633. The van der Waals surface area contributed by atoms with Gasteiger partial charge in [-0.2, -0.15) is 0 Å². The lowest BCUT2D eigenvalue weighted by atomic mass is 10.0. The first-order valence-electron chi connectivity index (χ1n) is 7.95. The number of hydrogen-bond acceptors (Lipinski definition) is 5. The van der Waals surface area contributed by atoms with E-state index in [0.717, 1.165) is 9.88 Å². The number of amides is 3. The third kappa shape index (κ3) is 3.40. The lowest BCUT2D eigenvalue weighted by Crippen LogP contribution is -2.61. The number of ether oxygens (including phenoxy) is 2. The molecule has 0 unspecified atom stereocenters. The third-order valence-electron chi connectivity index (χ3n) is 4.24. The maximum atomic E-state index is 12.4. The summed E-state index contributed by atoms with van der Waals surface area (Å²) in [4.78, 5) is 30.9. The summed E-state index contributed by atoms with van der Waals surface area (Å²) in [6, 6.07) is 3.89. The molecule has 2 aliphatic heterocycles. The van der Waals surface area contributed by atoms with Crippen LogP contribution in [-0.4, -0.2) is 80.9 Å². The number of aryl methyl sites for hydroxylation is 1. The van der Waals surface area contributed by atoms with Gasteiger partial charge in [0.1, 0.15) is 12.2 Å². The van der Waals surface area contributed by atoms with Crippen LogP contribution < -0.4 is 4.90 Å². The van der Waals surface area contributed by atoms with E-state index in [1.54, 1.807) is 40.1 Å². The quantitative estimate of drug-likeness (QED) is 0.760. The van der Waals surface area contributed by atoms with E-state index in [4.69, 9.17) is 9.47 Å². The van der Waals surface area contributed by atoms with Crippen molar-refractivity contribution in [2.75, 3.05) is 58.5 Å². The average molecular weight is 353 g/mol. The van der Waals surface area contributed by atoms with Crippen molar-refractivity contribution < 1.29 is 19.1 Å². The lowest BCUT2D eigenvalue weighted by molar-refractivity contribution is -0.145. The van der Waals surface area contributed by atoms with Gasteiger partial charge in [0.2, 0.25) is 0 Å². The van der Waals surface area contributed by atoms with E-state index in [2.05, 4.69) is 0 Å². The summed E-state index contributed by atoms with van der Waals surface area (Å²) in [5.74, 6) is -0.0581. The van der Waals surface area contributed by atoms with Gasteiger partial charge >= 0.3 is 6.03 Å². The summed E-state index contributed by atoms with van der Waals surface area (Å²) in [6.45, 7) is 4.19. The molecule has 132 valence electrons. The maximum Gasteiger partial charge on any atom is 0.319 e. The number of carbonyl (C=O) groups is 2. The fourth-order valence-electron chi connectivity index (χ4n) is 3.02. The Morgan fingerprint density at radius 3 is 2.79 bits per heavy atom. The predicted molar refractivity (Wildman–Crippen MR) is 91.6 cm³/mol. The summed E-state index contributed by atoms with van der Waals surface area (Å²) < 4.78 is 11.6. The number of carbonyl (C=O) groups excluding carboxylic acids is 2. The molecule has 1 aromatic heterocycles. The second-order valence-electron chi connectivity index (χ2n) is 6.49. The topological polar surface area (TPSA) is 62.3 Å². The van der Waals surface area contributed by atoms with Crippen LogP contribution in [0.1, 0.15) is 4.88 Å². The molecule has 1 spiro atoms. The summed E-state index contributed by atoms with van der Waals surface area (Å²) in [6.07, 6.45) is 0. The monoisotopic (exact) mass is 353 g/mol. The van der Waals surface area contributed by atoms with Crippen molar-refractivity contribution in [3.8, 4) is 0 Å². The summed E-state index contributed by atoms with van der Waals surface area (Å²) in [7, 11) is 3.46. The van der Waals surface area contributed by atoms with Crippen molar-refractivity contribution in [1.29, 1.82) is 0 Å². The van der Waals surface area contributed by atoms with Crippen molar-refractivity contribution >= 4 is 28.3 Å². The van der Waals surface area contributed by atoms with Gasteiger partial charge in [-0.1, -0.05) is 0 Å². The fourth-order valence-corrected chi connectivity index (χ4v) is 3.90. The fraction of sp³-hybridized carbons (Fsp3) is 0.625. The van der Waals surface area contributed by atoms with Crippen LogP contribution in [0.25, 0.3) is 0 Å². The van der Waals surface area contributed by atoms with Crippen molar-refractivity contribution in [2.24, 2.45) is 0 Å². The first-order chi connectivity index (χ1) is 11.4. The van der Waals surface area contributed by atoms with Crippen LogP contribution in [-0.2, 0) is 14.3 Å². The van der Waals surface area contributed by atoms with Gasteiger partial charge in [-0.15, -0.1) is 11.3 Å². The van der Waals surface area contributed by atoms with Gasteiger partial charge in [0, 0.05) is 25.5 Å². The molecule has 0 aromatic carbocycles. The lowest BCUT2D eigenvalue weighted by Gasteiger charge is -2.42. The van der Waals surface area contributed by atoms with Gasteiger partial charge in [0.25, 0.3) is 5.91 Å². The molecule has 3 rings (SSSR count). The number of urea groups is 1. The molecule has 0 aliphatic carbocycles. The molecule has 8 heteroatoms. The minimum atomic E-state index is -0.687. The van der Waals surface area contributed by atoms with E-state index in [-0.39, 0.29) is 18.5 Å². The Morgan fingerprint density at radius 1 is 1.33 bits per heavy atom. The van der Waals surface area contributed by atoms with Gasteiger partial charge in [0.05, 0.1) is 31.3 Å². The summed E-state index contributed by atoms with van der Waals surface area (Å²) in [5.41, 5.74) is -0.687. The number of hydrogen-bond donors (Lipinski definition) is 0. The van der Waals surface area contributed by atoms with Crippen LogP contribution in [0.5, 0.6) is 0 Å². The molecular weight excluding hydrogens is 330 g/mol. The highest BCUT2D eigenvalue weighted by molar-refractivity contribution is 7.16.